The number of benzene rings is 3. The van der Waals surface area contributed by atoms with E-state index in [2.05, 4.69) is 10.3 Å². The van der Waals surface area contributed by atoms with Crippen molar-refractivity contribution in [2.75, 3.05) is 7.11 Å². The summed E-state index contributed by atoms with van der Waals surface area (Å²) >= 11 is 0. The van der Waals surface area contributed by atoms with E-state index in [1.165, 1.54) is 0 Å². The van der Waals surface area contributed by atoms with E-state index in [9.17, 15) is 9.90 Å². The summed E-state index contributed by atoms with van der Waals surface area (Å²) in [5, 5.41) is 14.1. The number of aromatic amines is 1. The molecule has 0 spiro atoms. The van der Waals surface area contributed by atoms with Gasteiger partial charge in [0, 0.05) is 23.0 Å². The second kappa shape index (κ2) is 8.40. The van der Waals surface area contributed by atoms with Gasteiger partial charge in [-0.05, 0) is 34.9 Å². The van der Waals surface area contributed by atoms with Crippen LogP contribution < -0.4 is 14.8 Å². The Morgan fingerprint density at radius 3 is 2.59 bits per heavy atom. The van der Waals surface area contributed by atoms with Gasteiger partial charge in [0.05, 0.1) is 13.2 Å². The monoisotopic (exact) mass is 428 g/mol. The molecule has 0 amide bonds. The number of methoxy groups -OCH3 is 1. The number of rotatable bonds is 6. The highest BCUT2D eigenvalue weighted by atomic mass is 16.5. The summed E-state index contributed by atoms with van der Waals surface area (Å²) in [7, 11) is 1.61. The number of H-pyrrole nitrogens is 1. The molecule has 5 rings (SSSR count). The minimum Gasteiger partial charge on any atom is -0.493 e. The topological polar surface area (TPSA) is 83.6 Å². The highest BCUT2D eigenvalue weighted by Crippen LogP contribution is 2.38. The molecule has 2 heterocycles. The van der Waals surface area contributed by atoms with E-state index in [0.29, 0.717) is 24.5 Å². The van der Waals surface area contributed by atoms with Crippen LogP contribution in [-0.4, -0.2) is 29.2 Å². The number of fused-ring (bicyclic) bond motifs is 3. The fourth-order valence-corrected chi connectivity index (χ4v) is 4.37. The fraction of sp³-hybridized carbons (Fsp3) is 0.192. The lowest BCUT2D eigenvalue weighted by atomic mass is 9.90. The Morgan fingerprint density at radius 2 is 1.81 bits per heavy atom. The molecule has 1 aliphatic rings. The third-order valence-electron chi connectivity index (χ3n) is 5.97. The average Bonchev–Trinajstić information content (AvgIpc) is 3.21. The van der Waals surface area contributed by atoms with E-state index in [0.717, 1.165) is 33.3 Å². The van der Waals surface area contributed by atoms with Gasteiger partial charge in [0.15, 0.2) is 11.5 Å². The summed E-state index contributed by atoms with van der Waals surface area (Å²) in [6, 6.07) is 22.7. The molecular formula is C26H24N2O4. The van der Waals surface area contributed by atoms with Crippen LogP contribution in [0.1, 0.15) is 28.4 Å². The van der Waals surface area contributed by atoms with Gasteiger partial charge in [0.2, 0.25) is 0 Å². The Morgan fingerprint density at radius 1 is 1.03 bits per heavy atom. The second-order valence-electron chi connectivity index (χ2n) is 7.94. The van der Waals surface area contributed by atoms with Gasteiger partial charge in [0.25, 0.3) is 0 Å². The number of nitrogens with one attached hydrogen (secondary N) is 2. The molecule has 0 unspecified atom stereocenters. The van der Waals surface area contributed by atoms with Gasteiger partial charge in [-0.25, -0.2) is 0 Å². The lowest BCUT2D eigenvalue weighted by molar-refractivity contribution is -0.139. The molecule has 0 saturated heterocycles. The van der Waals surface area contributed by atoms with E-state index in [4.69, 9.17) is 9.47 Å². The number of aliphatic carboxylic acids is 1. The van der Waals surface area contributed by atoms with E-state index in [1.807, 2.05) is 72.8 Å². The van der Waals surface area contributed by atoms with Crippen molar-refractivity contribution >= 4 is 16.9 Å². The molecule has 0 aliphatic carbocycles. The zero-order chi connectivity index (χ0) is 22.1. The maximum atomic E-state index is 11.9. The Bertz CT molecular complexity index is 1270. The van der Waals surface area contributed by atoms with Gasteiger partial charge in [-0.3, -0.25) is 10.1 Å². The molecule has 0 radical (unpaired) electrons. The molecule has 0 bridgehead atoms. The maximum absolute atomic E-state index is 11.9. The van der Waals surface area contributed by atoms with Crippen LogP contribution in [0.4, 0.5) is 0 Å². The molecule has 1 aliphatic heterocycles. The third kappa shape index (κ3) is 3.69. The SMILES string of the molecule is COc1cc([C@H]2N[C@H](C(=O)O)Cc3c2[nH]c2ccccc32)ccc1OCc1ccccc1. The first-order valence-electron chi connectivity index (χ1n) is 10.6. The molecule has 0 fully saturated rings. The summed E-state index contributed by atoms with van der Waals surface area (Å²) < 4.78 is 11.6. The minimum absolute atomic E-state index is 0.302. The first kappa shape index (κ1) is 20.2. The summed E-state index contributed by atoms with van der Waals surface area (Å²) in [6.07, 6.45) is 0.431. The molecule has 6 nitrogen and oxygen atoms in total. The van der Waals surface area contributed by atoms with Crippen LogP contribution in [0.3, 0.4) is 0 Å². The molecule has 6 heteroatoms. The normalized spacial score (nSPS) is 17.7. The molecule has 3 aromatic carbocycles. The highest BCUT2D eigenvalue weighted by molar-refractivity contribution is 5.87. The van der Waals surface area contributed by atoms with Gasteiger partial charge in [-0.2, -0.15) is 0 Å². The van der Waals surface area contributed by atoms with Crippen molar-refractivity contribution in [1.82, 2.24) is 10.3 Å². The largest absolute Gasteiger partial charge is 0.493 e. The summed E-state index contributed by atoms with van der Waals surface area (Å²) in [6.45, 7) is 0.436. The van der Waals surface area contributed by atoms with Crippen LogP contribution in [0.2, 0.25) is 0 Å². The van der Waals surface area contributed by atoms with Crippen LogP contribution in [-0.2, 0) is 17.8 Å². The van der Waals surface area contributed by atoms with Gasteiger partial charge in [0.1, 0.15) is 12.6 Å². The lowest BCUT2D eigenvalue weighted by Crippen LogP contribution is -2.44. The standard InChI is InChI=1S/C26H24N2O4/c1-31-23-13-17(11-12-22(23)32-15-16-7-3-2-4-8-16)24-25-19(14-21(28-24)26(29)30)18-9-5-6-10-20(18)27-25/h2-13,21,24,27-28H,14-15H2,1H3,(H,29,30)/t21-,24+/m0/s1. The number of para-hydroxylation sites is 1. The van der Waals surface area contributed by atoms with Gasteiger partial charge in [-0.15, -0.1) is 0 Å². The number of hydrogen-bond donors (Lipinski definition) is 3. The highest BCUT2D eigenvalue weighted by Gasteiger charge is 2.34. The van der Waals surface area contributed by atoms with E-state index < -0.39 is 12.0 Å². The Balaban J connectivity index is 1.50. The van der Waals surface area contributed by atoms with Gasteiger partial charge in [-0.1, -0.05) is 54.6 Å². The van der Waals surface area contributed by atoms with Crippen molar-refractivity contribution in [3.8, 4) is 11.5 Å². The molecule has 3 N–H and O–H groups in total. The molecule has 0 saturated carbocycles. The Labute approximate surface area is 185 Å². The van der Waals surface area contributed by atoms with Crippen molar-refractivity contribution < 1.29 is 19.4 Å². The lowest BCUT2D eigenvalue weighted by Gasteiger charge is -2.30. The quantitative estimate of drug-likeness (QED) is 0.423. The van der Waals surface area contributed by atoms with Crippen LogP contribution >= 0.6 is 0 Å². The fourth-order valence-electron chi connectivity index (χ4n) is 4.37. The van der Waals surface area contributed by atoms with Crippen molar-refractivity contribution in [2.45, 2.75) is 25.1 Å². The van der Waals surface area contributed by atoms with Crippen LogP contribution in [0.5, 0.6) is 11.5 Å². The van der Waals surface area contributed by atoms with Crippen LogP contribution in [0, 0.1) is 0 Å². The summed E-state index contributed by atoms with van der Waals surface area (Å²) in [5.74, 6) is 0.388. The van der Waals surface area contributed by atoms with Gasteiger partial charge < -0.3 is 19.6 Å². The Hall–Kier alpha value is -3.77. The van der Waals surface area contributed by atoms with Crippen molar-refractivity contribution in [2.24, 2.45) is 0 Å². The van der Waals surface area contributed by atoms with Crippen LogP contribution in [0.15, 0.2) is 72.8 Å². The summed E-state index contributed by atoms with van der Waals surface area (Å²) in [4.78, 5) is 15.4. The van der Waals surface area contributed by atoms with Gasteiger partial charge >= 0.3 is 5.97 Å². The smallest absolute Gasteiger partial charge is 0.321 e. The summed E-state index contributed by atoms with van der Waals surface area (Å²) in [5.41, 5.74) is 5.02. The first-order chi connectivity index (χ1) is 15.6. The average molecular weight is 428 g/mol. The zero-order valence-electron chi connectivity index (χ0n) is 17.7. The number of carboxylic acid groups (broad SMARTS) is 1. The number of carboxylic acids is 1. The number of ether oxygens (including phenoxy) is 2. The van der Waals surface area contributed by atoms with Crippen molar-refractivity contribution in [3.63, 3.8) is 0 Å². The van der Waals surface area contributed by atoms with E-state index >= 15 is 0 Å². The number of aromatic nitrogens is 1. The molecule has 1 aromatic heterocycles. The molecule has 4 aromatic rings. The van der Waals surface area contributed by atoms with E-state index in [1.54, 1.807) is 7.11 Å². The first-order valence-corrected chi connectivity index (χ1v) is 10.6. The molecule has 32 heavy (non-hydrogen) atoms. The predicted octanol–water partition coefficient (Wildman–Crippen LogP) is 4.44. The molecule has 2 atom stereocenters. The third-order valence-corrected chi connectivity index (χ3v) is 5.97. The minimum atomic E-state index is -0.860. The molecular weight excluding hydrogens is 404 g/mol. The number of hydrogen-bond acceptors (Lipinski definition) is 4. The predicted molar refractivity (Wildman–Crippen MR) is 122 cm³/mol. The van der Waals surface area contributed by atoms with Crippen molar-refractivity contribution in [3.05, 3.63) is 95.2 Å². The maximum Gasteiger partial charge on any atom is 0.321 e. The van der Waals surface area contributed by atoms with Crippen LogP contribution in [0.25, 0.3) is 10.9 Å². The van der Waals surface area contributed by atoms with Crippen molar-refractivity contribution in [1.29, 1.82) is 0 Å². The Kier molecular flexibility index (Phi) is 5.29. The second-order valence-corrected chi connectivity index (χ2v) is 7.94. The van der Waals surface area contributed by atoms with E-state index in [-0.39, 0.29) is 6.04 Å². The number of carbonyl (C=O) groups is 1. The zero-order valence-corrected chi connectivity index (χ0v) is 17.7. The molecule has 162 valence electrons.